The lowest BCUT2D eigenvalue weighted by Gasteiger charge is -2.35. The highest BCUT2D eigenvalue weighted by atomic mass is 16.5. The van der Waals surface area contributed by atoms with Crippen LogP contribution in [0.2, 0.25) is 0 Å². The van der Waals surface area contributed by atoms with Gasteiger partial charge >= 0.3 is 0 Å². The minimum atomic E-state index is 0.615. The van der Waals surface area contributed by atoms with Crippen LogP contribution in [0.25, 0.3) is 0 Å². The van der Waals surface area contributed by atoms with Crippen molar-refractivity contribution in [2.75, 3.05) is 19.6 Å². The first kappa shape index (κ1) is 14.5. The Balaban J connectivity index is 1.87. The normalized spacial score (nSPS) is 20.8. The molecule has 0 radical (unpaired) electrons. The predicted molar refractivity (Wildman–Crippen MR) is 74.9 cm³/mol. The largest absolute Gasteiger partial charge is 0.339 e. The van der Waals surface area contributed by atoms with Gasteiger partial charge in [0, 0.05) is 19.0 Å². The van der Waals surface area contributed by atoms with E-state index in [4.69, 9.17) is 4.52 Å². The molecule has 1 atom stereocenters. The number of hydrogen-bond acceptors (Lipinski definition) is 5. The Bertz CT molecular complexity index is 366. The van der Waals surface area contributed by atoms with Crippen LogP contribution < -0.4 is 5.32 Å². The number of nitrogens with zero attached hydrogens (tertiary/aromatic N) is 3. The molecule has 2 rings (SSSR count). The van der Waals surface area contributed by atoms with E-state index in [1.165, 1.54) is 25.7 Å². The highest BCUT2D eigenvalue weighted by Gasteiger charge is 2.23. The predicted octanol–water partition coefficient (Wildman–Crippen LogP) is 1.99. The average Bonchev–Trinajstić information content (AvgIpc) is 2.89. The summed E-state index contributed by atoms with van der Waals surface area (Å²) in [6, 6.07) is 0.615. The van der Waals surface area contributed by atoms with Crippen LogP contribution in [0, 0.1) is 0 Å². The van der Waals surface area contributed by atoms with Crippen LogP contribution in [0.5, 0.6) is 0 Å². The van der Waals surface area contributed by atoms with Gasteiger partial charge in [-0.2, -0.15) is 4.98 Å². The van der Waals surface area contributed by atoms with Gasteiger partial charge < -0.3 is 9.84 Å². The van der Waals surface area contributed by atoms with Crippen LogP contribution in [-0.2, 0) is 13.0 Å². The van der Waals surface area contributed by atoms with Crippen molar-refractivity contribution in [3.8, 4) is 0 Å². The Labute approximate surface area is 115 Å². The third-order valence-corrected chi connectivity index (χ3v) is 3.71. The van der Waals surface area contributed by atoms with Gasteiger partial charge in [0.2, 0.25) is 5.89 Å². The van der Waals surface area contributed by atoms with Crippen molar-refractivity contribution in [1.29, 1.82) is 0 Å². The molecule has 1 aliphatic heterocycles. The van der Waals surface area contributed by atoms with Crippen molar-refractivity contribution >= 4 is 0 Å². The maximum absolute atomic E-state index is 5.19. The number of aryl methyl sites for hydroxylation is 1. The zero-order chi connectivity index (χ0) is 13.5. The first-order chi connectivity index (χ1) is 9.33. The van der Waals surface area contributed by atoms with Gasteiger partial charge in [-0.1, -0.05) is 25.4 Å². The molecule has 0 spiro atoms. The monoisotopic (exact) mass is 266 g/mol. The number of piperidine rings is 1. The van der Waals surface area contributed by atoms with Gasteiger partial charge in [-0.15, -0.1) is 0 Å². The molecule has 0 amide bonds. The summed E-state index contributed by atoms with van der Waals surface area (Å²) in [6.45, 7) is 8.39. The molecule has 19 heavy (non-hydrogen) atoms. The van der Waals surface area contributed by atoms with E-state index in [0.717, 1.165) is 44.3 Å². The molecule has 108 valence electrons. The number of hydrogen-bond donors (Lipinski definition) is 1. The van der Waals surface area contributed by atoms with Crippen LogP contribution >= 0.6 is 0 Å². The first-order valence-electron chi connectivity index (χ1n) is 7.59. The van der Waals surface area contributed by atoms with E-state index < -0.39 is 0 Å². The third-order valence-electron chi connectivity index (χ3n) is 3.71. The molecular weight excluding hydrogens is 240 g/mol. The Morgan fingerprint density at radius 3 is 3.00 bits per heavy atom. The van der Waals surface area contributed by atoms with Crippen LogP contribution in [0.15, 0.2) is 4.52 Å². The molecule has 1 fully saturated rings. The maximum atomic E-state index is 5.19. The number of aromatic nitrogens is 2. The molecule has 2 heterocycles. The Hall–Kier alpha value is -0.940. The summed E-state index contributed by atoms with van der Waals surface area (Å²) < 4.78 is 5.19. The van der Waals surface area contributed by atoms with Gasteiger partial charge in [0.15, 0.2) is 5.82 Å². The van der Waals surface area contributed by atoms with Gasteiger partial charge in [-0.05, 0) is 32.4 Å². The number of nitrogens with one attached hydrogen (secondary N) is 1. The fourth-order valence-corrected chi connectivity index (χ4v) is 2.62. The van der Waals surface area contributed by atoms with E-state index in [-0.39, 0.29) is 0 Å². The van der Waals surface area contributed by atoms with Gasteiger partial charge in [0.25, 0.3) is 0 Å². The summed E-state index contributed by atoms with van der Waals surface area (Å²) in [5, 5.41) is 7.59. The molecule has 0 saturated carbocycles. The topological polar surface area (TPSA) is 54.2 Å². The fourth-order valence-electron chi connectivity index (χ4n) is 2.62. The lowest BCUT2D eigenvalue weighted by Crippen LogP contribution is -2.45. The van der Waals surface area contributed by atoms with Gasteiger partial charge in [0.1, 0.15) is 0 Å². The summed E-state index contributed by atoms with van der Waals surface area (Å²) in [6.07, 6.45) is 5.89. The first-order valence-corrected chi connectivity index (χ1v) is 7.59. The zero-order valence-corrected chi connectivity index (χ0v) is 12.2. The van der Waals surface area contributed by atoms with Crippen molar-refractivity contribution in [1.82, 2.24) is 20.4 Å². The van der Waals surface area contributed by atoms with Crippen LogP contribution in [0.4, 0.5) is 0 Å². The lowest BCUT2D eigenvalue weighted by atomic mass is 10.0. The summed E-state index contributed by atoms with van der Waals surface area (Å²) >= 11 is 0. The van der Waals surface area contributed by atoms with E-state index in [9.17, 15) is 0 Å². The highest BCUT2D eigenvalue weighted by molar-refractivity contribution is 4.89. The summed E-state index contributed by atoms with van der Waals surface area (Å²) in [7, 11) is 0. The molecule has 1 saturated heterocycles. The molecule has 0 aliphatic carbocycles. The molecule has 1 aromatic rings. The SMILES string of the molecule is CCCNCC1CCCCN1Cc1noc(CC)n1. The summed E-state index contributed by atoms with van der Waals surface area (Å²) in [5.41, 5.74) is 0. The number of rotatable bonds is 7. The van der Waals surface area contributed by atoms with Crippen molar-refractivity contribution in [3.05, 3.63) is 11.7 Å². The molecule has 1 unspecified atom stereocenters. The zero-order valence-electron chi connectivity index (χ0n) is 12.2. The van der Waals surface area contributed by atoms with Crippen LogP contribution in [-0.4, -0.2) is 40.7 Å². The van der Waals surface area contributed by atoms with Crippen molar-refractivity contribution < 1.29 is 4.52 Å². The minimum Gasteiger partial charge on any atom is -0.339 e. The molecule has 0 aromatic carbocycles. The summed E-state index contributed by atoms with van der Waals surface area (Å²) in [5.74, 6) is 1.58. The minimum absolute atomic E-state index is 0.615. The van der Waals surface area contributed by atoms with Crippen molar-refractivity contribution in [2.45, 2.75) is 58.5 Å². The van der Waals surface area contributed by atoms with Crippen LogP contribution in [0.3, 0.4) is 0 Å². The molecule has 0 bridgehead atoms. The van der Waals surface area contributed by atoms with E-state index in [0.29, 0.717) is 6.04 Å². The van der Waals surface area contributed by atoms with E-state index in [2.05, 4.69) is 27.3 Å². The molecule has 5 nitrogen and oxygen atoms in total. The molecular formula is C14H26N4O. The highest BCUT2D eigenvalue weighted by Crippen LogP contribution is 2.18. The quantitative estimate of drug-likeness (QED) is 0.765. The number of likely N-dealkylation sites (tertiary alicyclic amines) is 1. The second-order valence-corrected chi connectivity index (χ2v) is 5.28. The lowest BCUT2D eigenvalue weighted by molar-refractivity contribution is 0.133. The second-order valence-electron chi connectivity index (χ2n) is 5.28. The second kappa shape index (κ2) is 7.60. The van der Waals surface area contributed by atoms with Gasteiger partial charge in [-0.25, -0.2) is 0 Å². The molecule has 1 aromatic heterocycles. The molecule has 1 N–H and O–H groups in total. The van der Waals surface area contributed by atoms with E-state index >= 15 is 0 Å². The van der Waals surface area contributed by atoms with Crippen LogP contribution in [0.1, 0.15) is 51.2 Å². The average molecular weight is 266 g/mol. The van der Waals surface area contributed by atoms with Crippen molar-refractivity contribution in [3.63, 3.8) is 0 Å². The Morgan fingerprint density at radius 1 is 1.37 bits per heavy atom. The maximum Gasteiger partial charge on any atom is 0.226 e. The Morgan fingerprint density at radius 2 is 2.26 bits per heavy atom. The molecule has 5 heteroatoms. The van der Waals surface area contributed by atoms with Gasteiger partial charge in [0.05, 0.1) is 6.54 Å². The Kier molecular flexibility index (Phi) is 5.79. The summed E-state index contributed by atoms with van der Waals surface area (Å²) in [4.78, 5) is 6.91. The van der Waals surface area contributed by atoms with E-state index in [1.807, 2.05) is 6.92 Å². The fraction of sp³-hybridized carbons (Fsp3) is 0.857. The van der Waals surface area contributed by atoms with Gasteiger partial charge in [-0.3, -0.25) is 4.90 Å². The standard InChI is InChI=1S/C14H26N4O/c1-3-8-15-10-12-7-5-6-9-18(12)11-13-16-14(4-2)19-17-13/h12,15H,3-11H2,1-2H3. The third kappa shape index (κ3) is 4.28. The van der Waals surface area contributed by atoms with E-state index in [1.54, 1.807) is 0 Å². The molecule has 1 aliphatic rings. The van der Waals surface area contributed by atoms with Crippen molar-refractivity contribution in [2.24, 2.45) is 0 Å². The smallest absolute Gasteiger partial charge is 0.226 e.